The van der Waals surface area contributed by atoms with Gasteiger partial charge in [0.25, 0.3) is 0 Å². The summed E-state index contributed by atoms with van der Waals surface area (Å²) in [7, 11) is 2.23. The van der Waals surface area contributed by atoms with Gasteiger partial charge < -0.3 is 15.1 Å². The topological polar surface area (TPSA) is 18.5 Å². The van der Waals surface area contributed by atoms with E-state index in [4.69, 9.17) is 0 Å². The van der Waals surface area contributed by atoms with Gasteiger partial charge in [-0.1, -0.05) is 13.3 Å². The summed E-state index contributed by atoms with van der Waals surface area (Å²) in [6, 6.07) is 0. The van der Waals surface area contributed by atoms with Gasteiger partial charge in [-0.25, -0.2) is 0 Å². The molecule has 0 spiro atoms. The SMILES string of the molecule is CCCCNCCN(C)CCN1CCCC1. The van der Waals surface area contributed by atoms with E-state index < -0.39 is 0 Å². The van der Waals surface area contributed by atoms with Crippen LogP contribution in [0.3, 0.4) is 0 Å². The highest BCUT2D eigenvalue weighted by molar-refractivity contribution is 4.67. The van der Waals surface area contributed by atoms with Crippen molar-refractivity contribution in [3.05, 3.63) is 0 Å². The number of nitrogens with one attached hydrogen (secondary N) is 1. The first-order valence-electron chi connectivity index (χ1n) is 6.94. The highest BCUT2D eigenvalue weighted by atomic mass is 15.2. The number of likely N-dealkylation sites (N-methyl/N-ethyl adjacent to an activating group) is 1. The van der Waals surface area contributed by atoms with Crippen molar-refractivity contribution in [2.24, 2.45) is 0 Å². The summed E-state index contributed by atoms with van der Waals surface area (Å²) in [5.41, 5.74) is 0. The minimum atomic E-state index is 1.14. The van der Waals surface area contributed by atoms with Gasteiger partial charge in [0.15, 0.2) is 0 Å². The molecule has 0 amide bonds. The molecule has 0 aromatic heterocycles. The first-order chi connectivity index (χ1) is 7.83. The third kappa shape index (κ3) is 6.46. The van der Waals surface area contributed by atoms with Gasteiger partial charge in [-0.05, 0) is 45.9 Å². The summed E-state index contributed by atoms with van der Waals surface area (Å²) >= 11 is 0. The molecule has 0 aromatic rings. The zero-order chi connectivity index (χ0) is 11.6. The van der Waals surface area contributed by atoms with E-state index in [0.29, 0.717) is 0 Å². The Bertz CT molecular complexity index is 155. The van der Waals surface area contributed by atoms with Crippen molar-refractivity contribution in [1.82, 2.24) is 15.1 Å². The van der Waals surface area contributed by atoms with Crippen LogP contribution in [0.15, 0.2) is 0 Å². The fourth-order valence-corrected chi connectivity index (χ4v) is 2.13. The number of hydrogen-bond acceptors (Lipinski definition) is 3. The zero-order valence-electron chi connectivity index (χ0n) is 11.2. The quantitative estimate of drug-likeness (QED) is 0.601. The molecule has 3 heteroatoms. The first-order valence-corrected chi connectivity index (χ1v) is 6.94. The molecule has 0 aromatic carbocycles. The number of nitrogens with zero attached hydrogens (tertiary/aromatic N) is 2. The fourth-order valence-electron chi connectivity index (χ4n) is 2.13. The van der Waals surface area contributed by atoms with E-state index in [2.05, 4.69) is 29.1 Å². The highest BCUT2D eigenvalue weighted by Gasteiger charge is 2.11. The predicted octanol–water partition coefficient (Wildman–Crippen LogP) is 1.40. The largest absolute Gasteiger partial charge is 0.315 e. The molecular weight excluding hydrogens is 198 g/mol. The Morgan fingerprint density at radius 3 is 2.56 bits per heavy atom. The Morgan fingerprint density at radius 2 is 1.88 bits per heavy atom. The Morgan fingerprint density at radius 1 is 1.12 bits per heavy atom. The lowest BCUT2D eigenvalue weighted by molar-refractivity contribution is 0.257. The van der Waals surface area contributed by atoms with Gasteiger partial charge >= 0.3 is 0 Å². The minimum Gasteiger partial charge on any atom is -0.315 e. The molecule has 1 aliphatic heterocycles. The molecule has 1 heterocycles. The van der Waals surface area contributed by atoms with Gasteiger partial charge in [0.05, 0.1) is 0 Å². The monoisotopic (exact) mass is 227 g/mol. The van der Waals surface area contributed by atoms with Crippen molar-refractivity contribution in [2.75, 3.05) is 52.9 Å². The molecule has 96 valence electrons. The van der Waals surface area contributed by atoms with Crippen LogP contribution in [0.2, 0.25) is 0 Å². The van der Waals surface area contributed by atoms with Crippen LogP contribution in [0.1, 0.15) is 32.6 Å². The van der Waals surface area contributed by atoms with Crippen LogP contribution in [0, 0.1) is 0 Å². The molecule has 0 atom stereocenters. The molecule has 0 aliphatic carbocycles. The molecule has 1 fully saturated rings. The Hall–Kier alpha value is -0.120. The van der Waals surface area contributed by atoms with E-state index in [0.717, 1.165) is 6.54 Å². The number of likely N-dealkylation sites (tertiary alicyclic amines) is 1. The van der Waals surface area contributed by atoms with E-state index in [9.17, 15) is 0 Å². The lowest BCUT2D eigenvalue weighted by Gasteiger charge is -2.21. The van der Waals surface area contributed by atoms with Crippen LogP contribution in [0.4, 0.5) is 0 Å². The molecule has 3 nitrogen and oxygen atoms in total. The normalized spacial score (nSPS) is 17.4. The van der Waals surface area contributed by atoms with Crippen molar-refractivity contribution in [3.63, 3.8) is 0 Å². The van der Waals surface area contributed by atoms with Gasteiger partial charge in [-0.15, -0.1) is 0 Å². The number of hydrogen-bond donors (Lipinski definition) is 1. The molecule has 1 aliphatic rings. The molecule has 0 bridgehead atoms. The smallest absolute Gasteiger partial charge is 0.0109 e. The third-order valence-electron chi connectivity index (χ3n) is 3.37. The molecule has 1 saturated heterocycles. The van der Waals surface area contributed by atoms with E-state index in [1.165, 1.54) is 65.0 Å². The van der Waals surface area contributed by atoms with Gasteiger partial charge in [0, 0.05) is 26.2 Å². The van der Waals surface area contributed by atoms with Gasteiger partial charge in [-0.3, -0.25) is 0 Å². The van der Waals surface area contributed by atoms with Crippen LogP contribution in [-0.2, 0) is 0 Å². The van der Waals surface area contributed by atoms with E-state index in [1.54, 1.807) is 0 Å². The molecule has 0 unspecified atom stereocenters. The second-order valence-electron chi connectivity index (χ2n) is 4.96. The second kappa shape index (κ2) is 8.97. The summed E-state index contributed by atoms with van der Waals surface area (Å²) in [5.74, 6) is 0. The fraction of sp³-hybridized carbons (Fsp3) is 1.00. The minimum absolute atomic E-state index is 1.14. The molecule has 1 rings (SSSR count). The standard InChI is InChI=1S/C13H29N3/c1-3-4-7-14-8-11-15(2)12-13-16-9-5-6-10-16/h14H,3-13H2,1-2H3. The maximum absolute atomic E-state index is 3.49. The molecular formula is C13H29N3. The number of unbranched alkanes of at least 4 members (excludes halogenated alkanes) is 1. The first kappa shape index (κ1) is 13.9. The molecule has 0 saturated carbocycles. The van der Waals surface area contributed by atoms with Crippen molar-refractivity contribution in [3.8, 4) is 0 Å². The Balaban J connectivity index is 1.87. The van der Waals surface area contributed by atoms with Crippen LogP contribution >= 0.6 is 0 Å². The molecule has 0 radical (unpaired) electrons. The lowest BCUT2D eigenvalue weighted by Crippen LogP contribution is -2.35. The maximum atomic E-state index is 3.49. The van der Waals surface area contributed by atoms with E-state index in [-0.39, 0.29) is 0 Å². The van der Waals surface area contributed by atoms with Crippen LogP contribution < -0.4 is 5.32 Å². The van der Waals surface area contributed by atoms with E-state index in [1.807, 2.05) is 0 Å². The van der Waals surface area contributed by atoms with Crippen molar-refractivity contribution >= 4 is 0 Å². The van der Waals surface area contributed by atoms with Crippen LogP contribution in [0.25, 0.3) is 0 Å². The summed E-state index contributed by atoms with van der Waals surface area (Å²) in [6.07, 6.45) is 5.40. The van der Waals surface area contributed by atoms with E-state index >= 15 is 0 Å². The van der Waals surface area contributed by atoms with Gasteiger partial charge in [-0.2, -0.15) is 0 Å². The van der Waals surface area contributed by atoms with Gasteiger partial charge in [0.1, 0.15) is 0 Å². The van der Waals surface area contributed by atoms with Crippen molar-refractivity contribution < 1.29 is 0 Å². The average molecular weight is 227 g/mol. The summed E-state index contributed by atoms with van der Waals surface area (Å²) in [4.78, 5) is 5.03. The molecule has 16 heavy (non-hydrogen) atoms. The zero-order valence-corrected chi connectivity index (χ0v) is 11.2. The number of rotatable bonds is 9. The third-order valence-corrected chi connectivity index (χ3v) is 3.37. The lowest BCUT2D eigenvalue weighted by atomic mass is 10.3. The highest BCUT2D eigenvalue weighted by Crippen LogP contribution is 2.06. The molecule has 1 N–H and O–H groups in total. The van der Waals surface area contributed by atoms with Crippen molar-refractivity contribution in [2.45, 2.75) is 32.6 Å². The summed E-state index contributed by atoms with van der Waals surface area (Å²) in [6.45, 7) is 10.8. The van der Waals surface area contributed by atoms with Crippen LogP contribution in [-0.4, -0.2) is 62.7 Å². The predicted molar refractivity (Wildman–Crippen MR) is 70.9 cm³/mol. The Kier molecular flexibility index (Phi) is 7.81. The maximum Gasteiger partial charge on any atom is 0.0109 e. The van der Waals surface area contributed by atoms with Crippen LogP contribution in [0.5, 0.6) is 0 Å². The van der Waals surface area contributed by atoms with Gasteiger partial charge in [0.2, 0.25) is 0 Å². The average Bonchev–Trinajstić information content (AvgIpc) is 2.79. The summed E-state index contributed by atoms with van der Waals surface area (Å²) < 4.78 is 0. The second-order valence-corrected chi connectivity index (χ2v) is 4.96. The summed E-state index contributed by atoms with van der Waals surface area (Å²) in [5, 5.41) is 3.49. The Labute approximate surface area is 101 Å². The van der Waals surface area contributed by atoms with Crippen molar-refractivity contribution in [1.29, 1.82) is 0 Å².